The van der Waals surface area contributed by atoms with Crippen LogP contribution in [0.1, 0.15) is 40.2 Å². The number of ether oxygens (including phenoxy) is 1. The molecule has 5 nitrogen and oxygen atoms in total. The number of rotatable bonds is 5. The van der Waals surface area contributed by atoms with Crippen molar-refractivity contribution in [2.45, 2.75) is 52.2 Å². The Morgan fingerprint density at radius 1 is 1.17 bits per heavy atom. The van der Waals surface area contributed by atoms with E-state index in [9.17, 15) is 19.1 Å². The highest BCUT2D eigenvalue weighted by Gasteiger charge is 2.43. The van der Waals surface area contributed by atoms with Crippen LogP contribution in [0, 0.1) is 5.82 Å². The van der Waals surface area contributed by atoms with Gasteiger partial charge in [0.2, 0.25) is 0 Å². The second kappa shape index (κ2) is 6.98. The van der Waals surface area contributed by atoms with E-state index in [2.05, 4.69) is 0 Å². The molecule has 1 amide bonds. The molecule has 0 aliphatic rings. The predicted molar refractivity (Wildman–Crippen MR) is 84.8 cm³/mol. The van der Waals surface area contributed by atoms with Crippen LogP contribution >= 0.6 is 0 Å². The van der Waals surface area contributed by atoms with Gasteiger partial charge in [-0.05, 0) is 52.3 Å². The van der Waals surface area contributed by atoms with E-state index in [-0.39, 0.29) is 13.0 Å². The summed E-state index contributed by atoms with van der Waals surface area (Å²) < 4.78 is 18.3. The molecule has 1 atom stereocenters. The summed E-state index contributed by atoms with van der Waals surface area (Å²) >= 11 is 0. The number of hydrogen-bond donors (Lipinski definition) is 1. The number of amides is 1. The highest BCUT2D eigenvalue weighted by molar-refractivity contribution is 5.84. The van der Waals surface area contributed by atoms with Gasteiger partial charge in [-0.2, -0.15) is 0 Å². The van der Waals surface area contributed by atoms with Gasteiger partial charge < -0.3 is 9.84 Å². The number of nitrogens with zero attached hydrogens (tertiary/aromatic N) is 1. The maximum atomic E-state index is 13.0. The molecule has 0 bridgehead atoms. The number of benzene rings is 1. The average molecular weight is 325 g/mol. The number of carboxylic acid groups (broad SMARTS) is 1. The fourth-order valence-corrected chi connectivity index (χ4v) is 2.28. The number of likely N-dealkylation sites (N-methyl/N-ethyl adjacent to an activating group) is 1. The summed E-state index contributed by atoms with van der Waals surface area (Å²) in [5.41, 5.74) is -1.59. The van der Waals surface area contributed by atoms with E-state index in [0.29, 0.717) is 5.56 Å². The third-order valence-corrected chi connectivity index (χ3v) is 3.45. The van der Waals surface area contributed by atoms with Crippen LogP contribution in [0.5, 0.6) is 0 Å². The standard InChI is InChI=1S/C17H24FNO4/c1-6-19(15(22)23-16(2,3)4)17(5,14(20)21)11-12-7-9-13(18)10-8-12/h7-10H,6,11H2,1-5H3,(H,20,21). The highest BCUT2D eigenvalue weighted by Crippen LogP contribution is 2.24. The van der Waals surface area contributed by atoms with Gasteiger partial charge >= 0.3 is 12.1 Å². The molecule has 0 saturated heterocycles. The molecule has 1 aromatic carbocycles. The molecule has 1 N–H and O–H groups in total. The minimum absolute atomic E-state index is 0.0513. The number of carbonyl (C=O) groups is 2. The number of halogens is 1. The van der Waals surface area contributed by atoms with Crippen molar-refractivity contribution in [3.8, 4) is 0 Å². The van der Waals surface area contributed by atoms with Crippen LogP contribution in [0.15, 0.2) is 24.3 Å². The summed E-state index contributed by atoms with van der Waals surface area (Å²) in [5, 5.41) is 9.67. The molecule has 0 saturated carbocycles. The molecule has 0 aromatic heterocycles. The molecule has 0 aliphatic heterocycles. The van der Waals surface area contributed by atoms with Crippen LogP contribution < -0.4 is 0 Å². The highest BCUT2D eigenvalue weighted by atomic mass is 19.1. The van der Waals surface area contributed by atoms with E-state index >= 15 is 0 Å². The molecule has 0 fully saturated rings. The number of carbonyl (C=O) groups excluding carboxylic acids is 1. The Morgan fingerprint density at radius 3 is 2.09 bits per heavy atom. The van der Waals surface area contributed by atoms with Crippen molar-refractivity contribution < 1.29 is 23.8 Å². The zero-order chi connectivity index (χ0) is 17.8. The fraction of sp³-hybridized carbons (Fsp3) is 0.529. The van der Waals surface area contributed by atoms with Gasteiger partial charge in [-0.15, -0.1) is 0 Å². The Kier molecular flexibility index (Phi) is 5.75. The molecule has 1 aromatic rings. The van der Waals surface area contributed by atoms with Crippen molar-refractivity contribution in [1.29, 1.82) is 0 Å². The van der Waals surface area contributed by atoms with Crippen molar-refractivity contribution >= 4 is 12.1 Å². The van der Waals surface area contributed by atoms with E-state index in [1.807, 2.05) is 0 Å². The van der Waals surface area contributed by atoms with Crippen LogP contribution in [0.25, 0.3) is 0 Å². The van der Waals surface area contributed by atoms with Gasteiger partial charge in [0, 0.05) is 13.0 Å². The maximum absolute atomic E-state index is 13.0. The van der Waals surface area contributed by atoms with Gasteiger partial charge in [0.05, 0.1) is 0 Å². The number of hydrogen-bond acceptors (Lipinski definition) is 3. The van der Waals surface area contributed by atoms with Crippen molar-refractivity contribution in [2.75, 3.05) is 6.54 Å². The molecular formula is C17H24FNO4. The molecule has 1 unspecified atom stereocenters. The second-order valence-electron chi connectivity index (χ2n) is 6.61. The Labute approximate surface area is 136 Å². The van der Waals surface area contributed by atoms with E-state index in [1.165, 1.54) is 36.1 Å². The lowest BCUT2D eigenvalue weighted by atomic mass is 9.91. The van der Waals surface area contributed by atoms with Gasteiger partial charge in [-0.3, -0.25) is 4.90 Å². The molecule has 23 heavy (non-hydrogen) atoms. The van der Waals surface area contributed by atoms with E-state index < -0.39 is 29.0 Å². The third-order valence-electron chi connectivity index (χ3n) is 3.45. The van der Waals surface area contributed by atoms with Gasteiger partial charge in [0.1, 0.15) is 17.0 Å². The van der Waals surface area contributed by atoms with E-state index in [4.69, 9.17) is 4.74 Å². The summed E-state index contributed by atoms with van der Waals surface area (Å²) in [6.07, 6.45) is -0.637. The van der Waals surface area contributed by atoms with Crippen LogP contribution in [0.2, 0.25) is 0 Å². The first-order chi connectivity index (χ1) is 10.5. The topological polar surface area (TPSA) is 66.8 Å². The maximum Gasteiger partial charge on any atom is 0.411 e. The second-order valence-corrected chi connectivity index (χ2v) is 6.61. The molecule has 128 valence electrons. The molecule has 0 spiro atoms. The monoisotopic (exact) mass is 325 g/mol. The smallest absolute Gasteiger partial charge is 0.411 e. The first-order valence-corrected chi connectivity index (χ1v) is 7.48. The molecule has 0 heterocycles. The first kappa shape index (κ1) is 18.9. The normalized spacial score (nSPS) is 14.0. The van der Waals surface area contributed by atoms with Crippen molar-refractivity contribution in [3.05, 3.63) is 35.6 Å². The van der Waals surface area contributed by atoms with Crippen LogP contribution in [0.4, 0.5) is 9.18 Å². The minimum Gasteiger partial charge on any atom is -0.479 e. The Hall–Kier alpha value is -2.11. The van der Waals surface area contributed by atoms with Gasteiger partial charge in [0.15, 0.2) is 0 Å². The zero-order valence-electron chi connectivity index (χ0n) is 14.2. The zero-order valence-corrected chi connectivity index (χ0v) is 14.2. The number of aliphatic carboxylic acids is 1. The van der Waals surface area contributed by atoms with Crippen LogP contribution in [-0.2, 0) is 16.0 Å². The summed E-state index contributed by atoms with van der Waals surface area (Å²) in [5.74, 6) is -1.54. The van der Waals surface area contributed by atoms with E-state index in [0.717, 1.165) is 0 Å². The molecular weight excluding hydrogens is 301 g/mol. The van der Waals surface area contributed by atoms with Gasteiger partial charge in [-0.1, -0.05) is 12.1 Å². The van der Waals surface area contributed by atoms with Crippen LogP contribution in [0.3, 0.4) is 0 Å². The van der Waals surface area contributed by atoms with Gasteiger partial charge in [-0.25, -0.2) is 14.0 Å². The largest absolute Gasteiger partial charge is 0.479 e. The Morgan fingerprint density at radius 2 is 1.70 bits per heavy atom. The molecule has 0 aliphatic carbocycles. The summed E-state index contributed by atoms with van der Waals surface area (Å²) in [7, 11) is 0. The Balaban J connectivity index is 3.11. The van der Waals surface area contributed by atoms with Crippen molar-refractivity contribution in [3.63, 3.8) is 0 Å². The third kappa shape index (κ3) is 4.94. The minimum atomic E-state index is -1.49. The molecule has 1 rings (SSSR count). The fourth-order valence-electron chi connectivity index (χ4n) is 2.28. The lowest BCUT2D eigenvalue weighted by Crippen LogP contribution is -2.57. The Bertz CT molecular complexity index is 565. The average Bonchev–Trinajstić information content (AvgIpc) is 2.40. The SMILES string of the molecule is CCN(C(=O)OC(C)(C)C)C(C)(Cc1ccc(F)cc1)C(=O)O. The summed E-state index contributed by atoms with van der Waals surface area (Å²) in [6, 6.07) is 5.56. The van der Waals surface area contributed by atoms with E-state index in [1.54, 1.807) is 27.7 Å². The first-order valence-electron chi connectivity index (χ1n) is 7.48. The van der Waals surface area contributed by atoms with Crippen LogP contribution in [-0.4, -0.2) is 39.8 Å². The molecule has 0 radical (unpaired) electrons. The number of carboxylic acids is 1. The van der Waals surface area contributed by atoms with Crippen molar-refractivity contribution in [2.24, 2.45) is 0 Å². The predicted octanol–water partition coefficient (Wildman–Crippen LogP) is 3.47. The molecule has 6 heteroatoms. The van der Waals surface area contributed by atoms with Gasteiger partial charge in [0.25, 0.3) is 0 Å². The lowest BCUT2D eigenvalue weighted by molar-refractivity contribution is -0.150. The lowest BCUT2D eigenvalue weighted by Gasteiger charge is -2.38. The van der Waals surface area contributed by atoms with Crippen molar-refractivity contribution in [1.82, 2.24) is 4.90 Å². The summed E-state index contributed by atoms with van der Waals surface area (Å²) in [4.78, 5) is 25.4. The summed E-state index contributed by atoms with van der Waals surface area (Å²) in [6.45, 7) is 8.49. The quantitative estimate of drug-likeness (QED) is 0.900.